The quantitative estimate of drug-likeness (QED) is 0.560. The van der Waals surface area contributed by atoms with Gasteiger partial charge in [0, 0.05) is 5.02 Å². The van der Waals surface area contributed by atoms with Gasteiger partial charge in [-0.05, 0) is 41.7 Å². The Balaban J connectivity index is 1.91. The van der Waals surface area contributed by atoms with Crippen LogP contribution < -0.4 is 10.2 Å². The lowest BCUT2D eigenvalue weighted by molar-refractivity contribution is -0.127. The van der Waals surface area contributed by atoms with E-state index >= 15 is 0 Å². The zero-order valence-corrected chi connectivity index (χ0v) is 16.7. The zero-order valence-electron chi connectivity index (χ0n) is 15.2. The highest BCUT2D eigenvalue weighted by Gasteiger charge is 2.16. The van der Waals surface area contributed by atoms with Gasteiger partial charge in [0.2, 0.25) is 0 Å². The molecule has 1 atom stereocenters. The highest BCUT2D eigenvalue weighted by atomic mass is 35.5. The largest absolute Gasteiger partial charge is 0.479 e. The summed E-state index contributed by atoms with van der Waals surface area (Å²) in [5.41, 5.74) is 4.69. The Hall–Kier alpha value is -2.04. The molecular weight excluding hydrogens is 371 g/mol. The van der Waals surface area contributed by atoms with Gasteiger partial charge in [-0.1, -0.05) is 68.2 Å². The fourth-order valence-corrected chi connectivity index (χ4v) is 2.60. The molecule has 138 valence electrons. The van der Waals surface area contributed by atoms with E-state index in [1.54, 1.807) is 31.3 Å². The first-order valence-electron chi connectivity index (χ1n) is 8.22. The van der Waals surface area contributed by atoms with Crippen LogP contribution in [0.2, 0.25) is 10.0 Å². The predicted molar refractivity (Wildman–Crippen MR) is 107 cm³/mol. The first-order valence-corrected chi connectivity index (χ1v) is 8.97. The number of rotatable bonds is 5. The molecule has 2 aromatic rings. The molecule has 0 bridgehead atoms. The first-order chi connectivity index (χ1) is 12.2. The van der Waals surface area contributed by atoms with Gasteiger partial charge in [0.05, 0.1) is 11.2 Å². The maximum absolute atomic E-state index is 12.1. The van der Waals surface area contributed by atoms with Crippen molar-refractivity contribution in [3.8, 4) is 5.75 Å². The van der Waals surface area contributed by atoms with Gasteiger partial charge in [-0.15, -0.1) is 0 Å². The van der Waals surface area contributed by atoms with Crippen molar-refractivity contribution in [1.29, 1.82) is 0 Å². The van der Waals surface area contributed by atoms with E-state index in [0.29, 0.717) is 15.8 Å². The maximum atomic E-state index is 12.1. The molecule has 0 saturated heterocycles. The molecule has 1 amide bonds. The lowest BCUT2D eigenvalue weighted by Crippen LogP contribution is -2.33. The summed E-state index contributed by atoms with van der Waals surface area (Å²) in [6.45, 7) is 8.09. The highest BCUT2D eigenvalue weighted by Crippen LogP contribution is 2.28. The van der Waals surface area contributed by atoms with E-state index in [-0.39, 0.29) is 11.3 Å². The summed E-state index contributed by atoms with van der Waals surface area (Å²) < 4.78 is 5.54. The molecule has 2 aromatic carbocycles. The number of benzene rings is 2. The van der Waals surface area contributed by atoms with E-state index in [2.05, 4.69) is 43.4 Å². The van der Waals surface area contributed by atoms with Gasteiger partial charge in [0.15, 0.2) is 6.10 Å². The number of carbonyl (C=O) groups excluding carboxylic acids is 1. The molecule has 0 unspecified atom stereocenters. The van der Waals surface area contributed by atoms with Gasteiger partial charge in [-0.2, -0.15) is 5.10 Å². The van der Waals surface area contributed by atoms with E-state index < -0.39 is 6.10 Å². The second kappa shape index (κ2) is 8.56. The summed E-state index contributed by atoms with van der Waals surface area (Å²) in [7, 11) is 0. The number of carbonyl (C=O) groups is 1. The van der Waals surface area contributed by atoms with Crippen molar-refractivity contribution in [3.63, 3.8) is 0 Å². The van der Waals surface area contributed by atoms with Gasteiger partial charge < -0.3 is 4.74 Å². The molecule has 0 heterocycles. The van der Waals surface area contributed by atoms with Crippen LogP contribution in [0.3, 0.4) is 0 Å². The molecule has 2 rings (SSSR count). The summed E-state index contributed by atoms with van der Waals surface area (Å²) in [4.78, 5) is 12.1. The number of hydrogen-bond donors (Lipinski definition) is 1. The molecule has 0 saturated carbocycles. The Kier molecular flexibility index (Phi) is 6.68. The standard InChI is InChI=1S/C20H22Cl2N2O2/c1-13(26-18-10-9-16(21)11-17(18)22)19(25)24-23-12-14-5-7-15(8-6-14)20(2,3)4/h5-13H,1-4H3,(H,24,25)/b23-12-/t13-/m1/s1. The SMILES string of the molecule is C[C@@H](Oc1ccc(Cl)cc1Cl)C(=O)N/N=C\c1ccc(C(C)(C)C)cc1. The summed E-state index contributed by atoms with van der Waals surface area (Å²) in [6.07, 6.45) is 0.834. The minimum absolute atomic E-state index is 0.0968. The van der Waals surface area contributed by atoms with E-state index in [1.807, 2.05) is 12.1 Å². The molecule has 0 aliphatic carbocycles. The van der Waals surface area contributed by atoms with Crippen molar-refractivity contribution >= 4 is 35.3 Å². The monoisotopic (exact) mass is 392 g/mol. The number of nitrogens with zero attached hydrogens (tertiary/aromatic N) is 1. The van der Waals surface area contributed by atoms with Crippen LogP contribution in [0.5, 0.6) is 5.75 Å². The van der Waals surface area contributed by atoms with Gasteiger partial charge in [-0.3, -0.25) is 4.79 Å². The fraction of sp³-hybridized carbons (Fsp3) is 0.300. The third kappa shape index (κ3) is 5.75. The number of halogens is 2. The Morgan fingerprint density at radius 3 is 2.38 bits per heavy atom. The number of ether oxygens (including phenoxy) is 1. The highest BCUT2D eigenvalue weighted by molar-refractivity contribution is 6.35. The normalized spacial score (nSPS) is 12.8. The van der Waals surface area contributed by atoms with Crippen LogP contribution in [0.15, 0.2) is 47.6 Å². The van der Waals surface area contributed by atoms with Crippen LogP contribution >= 0.6 is 23.2 Å². The molecule has 4 nitrogen and oxygen atoms in total. The number of nitrogens with one attached hydrogen (secondary N) is 1. The van der Waals surface area contributed by atoms with Gasteiger partial charge >= 0.3 is 0 Å². The Labute approximate surface area is 164 Å². The molecule has 0 aliphatic rings. The van der Waals surface area contributed by atoms with Crippen LogP contribution in [0.25, 0.3) is 0 Å². The third-order valence-corrected chi connectivity index (χ3v) is 4.26. The van der Waals surface area contributed by atoms with Crippen molar-refractivity contribution in [1.82, 2.24) is 5.43 Å². The lowest BCUT2D eigenvalue weighted by atomic mass is 9.87. The van der Waals surface area contributed by atoms with Gasteiger partial charge in [0.1, 0.15) is 5.75 Å². The topological polar surface area (TPSA) is 50.7 Å². The van der Waals surface area contributed by atoms with Crippen LogP contribution in [0, 0.1) is 0 Å². The molecule has 0 aromatic heterocycles. The Morgan fingerprint density at radius 2 is 1.81 bits per heavy atom. The molecule has 0 fully saturated rings. The van der Waals surface area contributed by atoms with E-state index in [4.69, 9.17) is 27.9 Å². The number of hydrazone groups is 1. The number of amides is 1. The minimum Gasteiger partial charge on any atom is -0.479 e. The van der Waals surface area contributed by atoms with Crippen molar-refractivity contribution in [2.75, 3.05) is 0 Å². The third-order valence-electron chi connectivity index (χ3n) is 3.73. The Morgan fingerprint density at radius 1 is 1.15 bits per heavy atom. The second-order valence-electron chi connectivity index (χ2n) is 6.94. The van der Waals surface area contributed by atoms with Gasteiger partial charge in [0.25, 0.3) is 5.91 Å². The number of hydrogen-bond acceptors (Lipinski definition) is 3. The van der Waals surface area contributed by atoms with Crippen molar-refractivity contribution in [3.05, 3.63) is 63.6 Å². The molecule has 26 heavy (non-hydrogen) atoms. The van der Waals surface area contributed by atoms with E-state index in [1.165, 1.54) is 5.56 Å². The smallest absolute Gasteiger partial charge is 0.280 e. The molecule has 1 N–H and O–H groups in total. The lowest BCUT2D eigenvalue weighted by Gasteiger charge is -2.18. The van der Waals surface area contributed by atoms with Crippen molar-refractivity contribution < 1.29 is 9.53 Å². The predicted octanol–water partition coefficient (Wildman–Crippen LogP) is 5.21. The summed E-state index contributed by atoms with van der Waals surface area (Å²) >= 11 is 11.9. The molecule has 0 radical (unpaired) electrons. The first kappa shape index (κ1) is 20.3. The fourth-order valence-electron chi connectivity index (χ4n) is 2.15. The molecule has 0 spiro atoms. The molecular formula is C20H22Cl2N2O2. The summed E-state index contributed by atoms with van der Waals surface area (Å²) in [5.74, 6) is 0.0130. The van der Waals surface area contributed by atoms with Crippen LogP contribution in [-0.2, 0) is 10.2 Å². The van der Waals surface area contributed by atoms with Crippen LogP contribution in [0.4, 0.5) is 0 Å². The van der Waals surface area contributed by atoms with E-state index in [0.717, 1.165) is 5.56 Å². The molecule has 6 heteroatoms. The van der Waals surface area contributed by atoms with Crippen LogP contribution in [0.1, 0.15) is 38.8 Å². The average Bonchev–Trinajstić information content (AvgIpc) is 2.57. The summed E-state index contributed by atoms with van der Waals surface area (Å²) in [6, 6.07) is 12.9. The molecule has 0 aliphatic heterocycles. The average molecular weight is 393 g/mol. The second-order valence-corrected chi connectivity index (χ2v) is 7.78. The van der Waals surface area contributed by atoms with Gasteiger partial charge in [-0.25, -0.2) is 5.43 Å². The van der Waals surface area contributed by atoms with Crippen molar-refractivity contribution in [2.24, 2.45) is 5.10 Å². The zero-order chi connectivity index (χ0) is 19.3. The van der Waals surface area contributed by atoms with Crippen LogP contribution in [-0.4, -0.2) is 18.2 Å². The summed E-state index contributed by atoms with van der Waals surface area (Å²) in [5, 5.41) is 4.82. The maximum Gasteiger partial charge on any atom is 0.280 e. The van der Waals surface area contributed by atoms with Crippen molar-refractivity contribution in [2.45, 2.75) is 39.2 Å². The van der Waals surface area contributed by atoms with E-state index in [9.17, 15) is 4.79 Å². The Bertz CT molecular complexity index is 796. The minimum atomic E-state index is -0.755.